The van der Waals surface area contributed by atoms with Crippen LogP contribution in [0.15, 0.2) is 18.2 Å². The molecule has 0 saturated heterocycles. The molecule has 1 aromatic carbocycles. The largest absolute Gasteiger partial charge is 0.337 e. The highest BCUT2D eigenvalue weighted by Crippen LogP contribution is 2.08. The summed E-state index contributed by atoms with van der Waals surface area (Å²) in [7, 11) is 3.40. The highest BCUT2D eigenvalue weighted by Gasteiger charge is 2.01. The summed E-state index contributed by atoms with van der Waals surface area (Å²) >= 11 is 0. The molecule has 1 aromatic rings. The summed E-state index contributed by atoms with van der Waals surface area (Å²) < 4.78 is 13.0. The number of nitrogens with zero attached hydrogens (tertiary/aromatic N) is 1. The van der Waals surface area contributed by atoms with Crippen LogP contribution >= 0.6 is 0 Å². The molecular weight excluding hydrogens is 233 g/mol. The molecule has 0 aliphatic heterocycles. The number of urea groups is 1. The monoisotopic (exact) mass is 253 g/mol. The minimum atomic E-state index is -0.183. The van der Waals surface area contributed by atoms with Crippen LogP contribution in [0.25, 0.3) is 0 Å². The topological polar surface area (TPSA) is 44.4 Å². The number of nitrogens with one attached hydrogen (secondary N) is 2. The fourth-order valence-corrected chi connectivity index (χ4v) is 1.47. The van der Waals surface area contributed by atoms with Crippen molar-refractivity contribution >= 4 is 6.03 Å². The van der Waals surface area contributed by atoms with E-state index < -0.39 is 0 Å². The number of halogens is 1. The van der Waals surface area contributed by atoms with E-state index in [0.717, 1.165) is 5.56 Å². The molecule has 1 rings (SSSR count). The van der Waals surface area contributed by atoms with E-state index in [9.17, 15) is 9.18 Å². The summed E-state index contributed by atoms with van der Waals surface area (Å²) in [4.78, 5) is 12.7. The number of carbonyl (C=O) groups is 1. The first-order valence-corrected chi connectivity index (χ1v) is 5.91. The molecular formula is C13H20FN3O. The van der Waals surface area contributed by atoms with Gasteiger partial charge in [0.25, 0.3) is 0 Å². The van der Waals surface area contributed by atoms with Crippen molar-refractivity contribution in [2.75, 3.05) is 27.2 Å². The fourth-order valence-electron chi connectivity index (χ4n) is 1.47. The highest BCUT2D eigenvalue weighted by atomic mass is 19.1. The molecule has 0 saturated carbocycles. The average Bonchev–Trinajstić information content (AvgIpc) is 2.32. The number of aryl methyl sites for hydroxylation is 1. The van der Waals surface area contributed by atoms with Crippen LogP contribution in [0.4, 0.5) is 9.18 Å². The van der Waals surface area contributed by atoms with Crippen LogP contribution in [0.5, 0.6) is 0 Å². The number of hydrogen-bond acceptors (Lipinski definition) is 2. The Labute approximate surface area is 107 Å². The second-order valence-corrected chi connectivity index (χ2v) is 4.39. The first kappa shape index (κ1) is 14.4. The Bertz CT molecular complexity index is 407. The molecule has 4 nitrogen and oxygen atoms in total. The van der Waals surface area contributed by atoms with Crippen LogP contribution in [0.2, 0.25) is 0 Å². The molecule has 0 bridgehead atoms. The predicted octanol–water partition coefficient (Wildman–Crippen LogP) is 1.49. The molecule has 0 aliphatic carbocycles. The third-order valence-corrected chi connectivity index (χ3v) is 2.54. The molecule has 100 valence electrons. The lowest BCUT2D eigenvalue weighted by Crippen LogP contribution is -2.38. The zero-order valence-electron chi connectivity index (χ0n) is 11.1. The number of carbonyl (C=O) groups excluding carboxylic acids is 1. The van der Waals surface area contributed by atoms with Gasteiger partial charge < -0.3 is 15.5 Å². The Morgan fingerprint density at radius 1 is 1.33 bits per heavy atom. The van der Waals surface area contributed by atoms with E-state index in [1.165, 1.54) is 11.0 Å². The van der Waals surface area contributed by atoms with Gasteiger partial charge in [-0.05, 0) is 24.1 Å². The Kier molecular flexibility index (Phi) is 5.58. The summed E-state index contributed by atoms with van der Waals surface area (Å²) in [5, 5.41) is 5.94. The lowest BCUT2D eigenvalue weighted by atomic mass is 10.1. The van der Waals surface area contributed by atoms with Crippen molar-refractivity contribution in [3.63, 3.8) is 0 Å². The first-order valence-electron chi connectivity index (χ1n) is 5.91. The van der Waals surface area contributed by atoms with Crippen molar-refractivity contribution in [2.45, 2.75) is 13.5 Å². The zero-order chi connectivity index (χ0) is 13.5. The van der Waals surface area contributed by atoms with E-state index in [1.54, 1.807) is 27.1 Å². The van der Waals surface area contributed by atoms with Crippen molar-refractivity contribution in [1.29, 1.82) is 0 Å². The molecule has 2 N–H and O–H groups in total. The molecule has 0 unspecified atom stereocenters. The number of hydrogen-bond donors (Lipinski definition) is 2. The maximum Gasteiger partial charge on any atom is 0.316 e. The van der Waals surface area contributed by atoms with Gasteiger partial charge in [0.15, 0.2) is 0 Å². The summed E-state index contributed by atoms with van der Waals surface area (Å²) in [6, 6.07) is 4.95. The standard InChI is InChI=1S/C13H20FN3O/c1-10-8-11(4-5-12(10)14)9-15-6-7-16-13(18)17(2)3/h4-5,8,15H,6-7,9H2,1-3H3,(H,16,18). The molecule has 0 aliphatic rings. The maximum atomic E-state index is 13.0. The van der Waals surface area contributed by atoms with E-state index in [0.29, 0.717) is 25.2 Å². The van der Waals surface area contributed by atoms with Gasteiger partial charge in [0.2, 0.25) is 0 Å². The van der Waals surface area contributed by atoms with Gasteiger partial charge in [0.1, 0.15) is 5.82 Å². The molecule has 2 amide bonds. The van der Waals surface area contributed by atoms with E-state index in [4.69, 9.17) is 0 Å². The molecule has 0 radical (unpaired) electrons. The van der Waals surface area contributed by atoms with Gasteiger partial charge in [-0.1, -0.05) is 12.1 Å². The third kappa shape index (κ3) is 4.71. The van der Waals surface area contributed by atoms with Crippen molar-refractivity contribution in [2.24, 2.45) is 0 Å². The minimum Gasteiger partial charge on any atom is -0.337 e. The molecule has 0 spiro atoms. The smallest absolute Gasteiger partial charge is 0.316 e. The Morgan fingerprint density at radius 2 is 2.06 bits per heavy atom. The molecule has 5 heteroatoms. The van der Waals surface area contributed by atoms with Crippen LogP contribution in [-0.2, 0) is 6.54 Å². The minimum absolute atomic E-state index is 0.102. The molecule has 0 aromatic heterocycles. The predicted molar refractivity (Wildman–Crippen MR) is 69.9 cm³/mol. The zero-order valence-corrected chi connectivity index (χ0v) is 11.1. The van der Waals surface area contributed by atoms with Gasteiger partial charge in [0, 0.05) is 33.7 Å². The van der Waals surface area contributed by atoms with Crippen molar-refractivity contribution in [3.05, 3.63) is 35.1 Å². The van der Waals surface area contributed by atoms with E-state index in [2.05, 4.69) is 10.6 Å². The Hall–Kier alpha value is -1.62. The number of rotatable bonds is 5. The van der Waals surface area contributed by atoms with Gasteiger partial charge in [-0.3, -0.25) is 0 Å². The van der Waals surface area contributed by atoms with Gasteiger partial charge in [-0.2, -0.15) is 0 Å². The lowest BCUT2D eigenvalue weighted by Gasteiger charge is -2.12. The summed E-state index contributed by atoms with van der Waals surface area (Å²) in [6.07, 6.45) is 0. The van der Waals surface area contributed by atoms with Gasteiger partial charge in [0.05, 0.1) is 0 Å². The summed E-state index contributed by atoms with van der Waals surface area (Å²) in [6.45, 7) is 3.66. The summed E-state index contributed by atoms with van der Waals surface area (Å²) in [5.41, 5.74) is 1.68. The number of benzene rings is 1. The molecule has 18 heavy (non-hydrogen) atoms. The normalized spacial score (nSPS) is 10.2. The van der Waals surface area contributed by atoms with Gasteiger partial charge >= 0.3 is 6.03 Å². The average molecular weight is 253 g/mol. The van der Waals surface area contributed by atoms with Crippen LogP contribution < -0.4 is 10.6 Å². The highest BCUT2D eigenvalue weighted by molar-refractivity contribution is 5.73. The van der Waals surface area contributed by atoms with Crippen molar-refractivity contribution in [1.82, 2.24) is 15.5 Å². The molecule has 0 atom stereocenters. The van der Waals surface area contributed by atoms with Crippen LogP contribution in [0, 0.1) is 12.7 Å². The van der Waals surface area contributed by atoms with Crippen molar-refractivity contribution < 1.29 is 9.18 Å². The van der Waals surface area contributed by atoms with E-state index in [1.807, 2.05) is 6.07 Å². The van der Waals surface area contributed by atoms with Crippen LogP contribution in [-0.4, -0.2) is 38.1 Å². The summed E-state index contributed by atoms with van der Waals surface area (Å²) in [5.74, 6) is -0.183. The quantitative estimate of drug-likeness (QED) is 0.781. The SMILES string of the molecule is Cc1cc(CNCCNC(=O)N(C)C)ccc1F. The Morgan fingerprint density at radius 3 is 2.67 bits per heavy atom. The fraction of sp³-hybridized carbons (Fsp3) is 0.462. The molecule has 0 heterocycles. The van der Waals surface area contributed by atoms with E-state index in [-0.39, 0.29) is 11.8 Å². The number of amides is 2. The Balaban J connectivity index is 2.22. The second-order valence-electron chi connectivity index (χ2n) is 4.39. The van der Waals surface area contributed by atoms with Gasteiger partial charge in [-0.25, -0.2) is 9.18 Å². The first-order chi connectivity index (χ1) is 8.50. The van der Waals surface area contributed by atoms with E-state index >= 15 is 0 Å². The molecule has 0 fully saturated rings. The maximum absolute atomic E-state index is 13.0. The lowest BCUT2D eigenvalue weighted by molar-refractivity contribution is 0.217. The second kappa shape index (κ2) is 6.96. The third-order valence-electron chi connectivity index (χ3n) is 2.54. The van der Waals surface area contributed by atoms with Crippen LogP contribution in [0.1, 0.15) is 11.1 Å². The van der Waals surface area contributed by atoms with Crippen molar-refractivity contribution in [3.8, 4) is 0 Å². The van der Waals surface area contributed by atoms with Gasteiger partial charge in [-0.15, -0.1) is 0 Å². The van der Waals surface area contributed by atoms with Crippen LogP contribution in [0.3, 0.4) is 0 Å².